The smallest absolute Gasteiger partial charge is 0.327 e. The molecule has 1 aromatic heterocycles. The Balaban J connectivity index is 1.92. The quantitative estimate of drug-likeness (QED) is 0.313. The van der Waals surface area contributed by atoms with Crippen LogP contribution in [0.1, 0.15) is 65.0 Å². The molecule has 0 saturated heterocycles. The molecule has 0 radical (unpaired) electrons. The number of hydrogen-bond donors (Lipinski definition) is 1. The first-order valence-electron chi connectivity index (χ1n) is 10.8. The van der Waals surface area contributed by atoms with Crippen molar-refractivity contribution in [3.8, 4) is 5.88 Å². The van der Waals surface area contributed by atoms with Crippen molar-refractivity contribution in [2.75, 3.05) is 33.5 Å². The number of nitrogens with two attached hydrogens (primary N) is 1. The summed E-state index contributed by atoms with van der Waals surface area (Å²) in [6, 6.07) is -0.568. The van der Waals surface area contributed by atoms with Gasteiger partial charge < -0.3 is 15.2 Å². The zero-order valence-corrected chi connectivity index (χ0v) is 19.2. The van der Waals surface area contributed by atoms with Gasteiger partial charge in [-0.25, -0.2) is 0 Å². The molecule has 7 nitrogen and oxygen atoms in total. The lowest BCUT2D eigenvalue weighted by molar-refractivity contribution is -0.919. The second kappa shape index (κ2) is 11.6. The van der Waals surface area contributed by atoms with Crippen molar-refractivity contribution in [1.82, 2.24) is 8.75 Å². The van der Waals surface area contributed by atoms with Gasteiger partial charge in [-0.15, -0.1) is 4.37 Å². The van der Waals surface area contributed by atoms with Crippen LogP contribution in [0.25, 0.3) is 5.57 Å². The minimum atomic E-state index is -0.568. The van der Waals surface area contributed by atoms with E-state index in [9.17, 15) is 4.79 Å². The molecule has 2 heterocycles. The van der Waals surface area contributed by atoms with Crippen LogP contribution in [0.3, 0.4) is 0 Å². The van der Waals surface area contributed by atoms with Crippen molar-refractivity contribution in [2.24, 2.45) is 11.7 Å². The molecule has 0 amide bonds. The fraction of sp³-hybridized carbons (Fsp3) is 0.762. The molecule has 0 spiro atoms. The Bertz CT molecular complexity index is 679. The van der Waals surface area contributed by atoms with Crippen LogP contribution in [-0.4, -0.2) is 58.7 Å². The zero-order chi connectivity index (χ0) is 21.3. The molecule has 164 valence electrons. The average molecular weight is 426 g/mol. The fourth-order valence-corrected chi connectivity index (χ4v) is 3.89. The first-order valence-corrected chi connectivity index (χ1v) is 11.5. The van der Waals surface area contributed by atoms with Crippen LogP contribution in [0.5, 0.6) is 5.88 Å². The first-order chi connectivity index (χ1) is 13.9. The normalized spacial score (nSPS) is 21.3. The molecule has 3 atom stereocenters. The Kier molecular flexibility index (Phi) is 9.52. The molecule has 29 heavy (non-hydrogen) atoms. The average Bonchev–Trinajstić information content (AvgIpc) is 3.19. The molecule has 0 aliphatic carbocycles. The van der Waals surface area contributed by atoms with E-state index in [1.807, 2.05) is 13.8 Å². The summed E-state index contributed by atoms with van der Waals surface area (Å²) in [7, 11) is 2.10. The molecular formula is C21H37N4O3S+. The van der Waals surface area contributed by atoms with E-state index in [4.69, 9.17) is 15.2 Å². The monoisotopic (exact) mass is 425 g/mol. The molecule has 2 N–H and O–H groups in total. The SMILES string of the molecule is CCCCCCOc1nsnc1C1=CCC[N+](C)(COC(=O)C(N)[C@@H](C)CC)C1. The molecule has 1 aliphatic rings. The van der Waals surface area contributed by atoms with E-state index in [0.717, 1.165) is 43.6 Å². The number of rotatable bonds is 12. The highest BCUT2D eigenvalue weighted by Gasteiger charge is 2.32. The second-order valence-electron chi connectivity index (χ2n) is 8.35. The van der Waals surface area contributed by atoms with E-state index >= 15 is 0 Å². The summed E-state index contributed by atoms with van der Waals surface area (Å²) in [5.74, 6) is 0.422. The van der Waals surface area contributed by atoms with E-state index in [2.05, 4.69) is 28.8 Å². The number of likely N-dealkylation sites (N-methyl/N-ethyl adjacent to an activating group) is 1. The fourth-order valence-electron chi connectivity index (χ4n) is 3.36. The maximum absolute atomic E-state index is 12.3. The number of ether oxygens (including phenoxy) is 2. The van der Waals surface area contributed by atoms with Gasteiger partial charge >= 0.3 is 5.97 Å². The number of unbranched alkanes of at least 4 members (excludes halogenated alkanes) is 3. The summed E-state index contributed by atoms with van der Waals surface area (Å²) in [5.41, 5.74) is 7.95. The van der Waals surface area contributed by atoms with E-state index in [1.54, 1.807) is 0 Å². The first kappa shape index (κ1) is 23.8. The highest BCUT2D eigenvalue weighted by atomic mass is 32.1. The number of carbonyl (C=O) groups excluding carboxylic acids is 1. The molecular weight excluding hydrogens is 388 g/mol. The largest absolute Gasteiger partial charge is 0.475 e. The summed E-state index contributed by atoms with van der Waals surface area (Å²) in [6.45, 7) is 8.81. The van der Waals surface area contributed by atoms with E-state index < -0.39 is 6.04 Å². The Morgan fingerprint density at radius 1 is 1.31 bits per heavy atom. The zero-order valence-electron chi connectivity index (χ0n) is 18.4. The standard InChI is InChI=1S/C21H37N4O3S/c1-5-7-8-9-13-27-20-19(23-29-24-20)17-11-10-12-25(4,14-17)15-28-21(26)18(22)16(3)6-2/h11,16,18H,5-10,12-15,22H2,1-4H3/q+1/t16-,18?,25?/m0/s1. The molecule has 1 aliphatic heterocycles. The molecule has 0 saturated carbocycles. The van der Waals surface area contributed by atoms with E-state index in [0.29, 0.717) is 23.7 Å². The maximum Gasteiger partial charge on any atom is 0.327 e. The van der Waals surface area contributed by atoms with Crippen molar-refractivity contribution in [1.29, 1.82) is 0 Å². The number of nitrogens with zero attached hydrogens (tertiary/aromatic N) is 3. The lowest BCUT2D eigenvalue weighted by atomic mass is 10.0. The van der Waals surface area contributed by atoms with Gasteiger partial charge in [-0.3, -0.25) is 9.28 Å². The topological polar surface area (TPSA) is 87.3 Å². The molecule has 8 heteroatoms. The van der Waals surface area contributed by atoms with Gasteiger partial charge in [0.05, 0.1) is 31.9 Å². The molecule has 2 unspecified atom stereocenters. The van der Waals surface area contributed by atoms with Crippen molar-refractivity contribution in [3.05, 3.63) is 11.8 Å². The summed E-state index contributed by atoms with van der Waals surface area (Å²) < 4.78 is 20.9. The third-order valence-electron chi connectivity index (χ3n) is 5.66. The number of hydrogen-bond acceptors (Lipinski definition) is 7. The summed E-state index contributed by atoms with van der Waals surface area (Å²) in [5, 5.41) is 0. The van der Waals surface area contributed by atoms with Crippen LogP contribution in [0, 0.1) is 5.92 Å². The maximum atomic E-state index is 12.3. The van der Waals surface area contributed by atoms with Crippen molar-refractivity contribution >= 4 is 23.3 Å². The lowest BCUT2D eigenvalue weighted by Gasteiger charge is -2.36. The van der Waals surface area contributed by atoms with Gasteiger partial charge in [-0.2, -0.15) is 4.37 Å². The highest BCUT2D eigenvalue weighted by Crippen LogP contribution is 2.30. The van der Waals surface area contributed by atoms with Gasteiger partial charge in [0.25, 0.3) is 5.88 Å². The highest BCUT2D eigenvalue weighted by molar-refractivity contribution is 6.99. The van der Waals surface area contributed by atoms with Crippen LogP contribution in [-0.2, 0) is 9.53 Å². The number of esters is 1. The van der Waals surface area contributed by atoms with Crippen molar-refractivity contribution in [3.63, 3.8) is 0 Å². The summed E-state index contributed by atoms with van der Waals surface area (Å²) in [6.07, 6.45) is 8.59. The van der Waals surface area contributed by atoms with Gasteiger partial charge in [-0.05, 0) is 12.3 Å². The number of quaternary nitrogens is 1. The molecule has 0 aromatic carbocycles. The van der Waals surface area contributed by atoms with Crippen LogP contribution in [0.2, 0.25) is 0 Å². The van der Waals surface area contributed by atoms with Crippen LogP contribution in [0.4, 0.5) is 0 Å². The third kappa shape index (κ3) is 7.04. The van der Waals surface area contributed by atoms with Gasteiger partial charge in [0, 0.05) is 12.0 Å². The van der Waals surface area contributed by atoms with Gasteiger partial charge in [-0.1, -0.05) is 52.5 Å². The Morgan fingerprint density at radius 3 is 2.83 bits per heavy atom. The predicted octanol–water partition coefficient (Wildman–Crippen LogP) is 3.61. The van der Waals surface area contributed by atoms with E-state index in [-0.39, 0.29) is 11.9 Å². The van der Waals surface area contributed by atoms with Gasteiger partial charge in [0.15, 0.2) is 0 Å². The van der Waals surface area contributed by atoms with Crippen molar-refractivity contribution in [2.45, 2.75) is 65.3 Å². The molecule has 0 bridgehead atoms. The summed E-state index contributed by atoms with van der Waals surface area (Å²) >= 11 is 1.18. The van der Waals surface area contributed by atoms with Crippen LogP contribution in [0.15, 0.2) is 6.08 Å². The van der Waals surface area contributed by atoms with Crippen molar-refractivity contribution < 1.29 is 18.8 Å². The Labute approximate surface area is 179 Å². The minimum absolute atomic E-state index is 0.114. The van der Waals surface area contributed by atoms with E-state index in [1.165, 1.54) is 31.0 Å². The lowest BCUT2D eigenvalue weighted by Crippen LogP contribution is -2.51. The number of aromatic nitrogens is 2. The van der Waals surface area contributed by atoms with Crippen LogP contribution >= 0.6 is 11.7 Å². The Hall–Kier alpha value is -1.51. The summed E-state index contributed by atoms with van der Waals surface area (Å²) in [4.78, 5) is 12.3. The van der Waals surface area contributed by atoms with Gasteiger partial charge in [0.2, 0.25) is 6.73 Å². The molecule has 0 fully saturated rings. The van der Waals surface area contributed by atoms with Gasteiger partial charge in [0.1, 0.15) is 18.3 Å². The third-order valence-corrected chi connectivity index (χ3v) is 6.17. The predicted molar refractivity (Wildman–Crippen MR) is 116 cm³/mol. The molecule has 1 aromatic rings. The minimum Gasteiger partial charge on any atom is -0.475 e. The van der Waals surface area contributed by atoms with Crippen LogP contribution < -0.4 is 10.5 Å². The second-order valence-corrected chi connectivity index (χ2v) is 8.88. The number of carbonyl (C=O) groups is 1. The molecule has 2 rings (SSSR count). The Morgan fingerprint density at radius 2 is 2.10 bits per heavy atom.